The number of benzene rings is 2. The number of phenolic OH excluding ortho intramolecular Hbond substituents is 1. The molecule has 0 amide bonds. The van der Waals surface area contributed by atoms with Gasteiger partial charge in [0.25, 0.3) is 0 Å². The zero-order valence-corrected chi connectivity index (χ0v) is 8.14. The first-order chi connectivity index (χ1) is 7.16. The first-order valence-corrected chi connectivity index (χ1v) is 4.61. The van der Waals surface area contributed by atoms with E-state index in [0.717, 1.165) is 11.1 Å². The Kier molecular flexibility index (Phi) is 2.21. The van der Waals surface area contributed by atoms with Crippen molar-refractivity contribution in [1.82, 2.24) is 0 Å². The number of hydrogen-bond acceptors (Lipinski definition) is 3. The molecule has 0 radical (unpaired) electrons. The van der Waals surface area contributed by atoms with Crippen LogP contribution in [0.5, 0.6) is 5.75 Å². The second-order valence-electron chi connectivity index (χ2n) is 3.40. The molecule has 0 aliphatic heterocycles. The summed E-state index contributed by atoms with van der Waals surface area (Å²) in [5.74, 6) is 0.0997. The quantitative estimate of drug-likeness (QED) is 0.488. The third-order valence-electron chi connectivity index (χ3n) is 2.25. The molecule has 5 N–H and O–H groups in total. The highest BCUT2D eigenvalue weighted by molar-refractivity contribution is 5.72. The minimum Gasteiger partial charge on any atom is -0.506 e. The molecule has 0 aliphatic rings. The molecule has 2 rings (SSSR count). The van der Waals surface area contributed by atoms with Gasteiger partial charge in [-0.25, -0.2) is 0 Å². The van der Waals surface area contributed by atoms with Gasteiger partial charge in [0.2, 0.25) is 0 Å². The van der Waals surface area contributed by atoms with E-state index < -0.39 is 0 Å². The maximum atomic E-state index is 9.30. The average molecular weight is 200 g/mol. The molecule has 15 heavy (non-hydrogen) atoms. The number of rotatable bonds is 1. The summed E-state index contributed by atoms with van der Waals surface area (Å²) in [6.07, 6.45) is 0. The van der Waals surface area contributed by atoms with Gasteiger partial charge in [0, 0.05) is 5.69 Å². The molecule has 2 aromatic carbocycles. The van der Waals surface area contributed by atoms with Crippen LogP contribution in [0.25, 0.3) is 11.1 Å². The molecule has 3 nitrogen and oxygen atoms in total. The van der Waals surface area contributed by atoms with Crippen molar-refractivity contribution >= 4 is 11.4 Å². The molecular weight excluding hydrogens is 188 g/mol. The molecule has 76 valence electrons. The van der Waals surface area contributed by atoms with Gasteiger partial charge in [-0.2, -0.15) is 0 Å². The molecule has 2 aromatic rings. The predicted molar refractivity (Wildman–Crippen MR) is 62.4 cm³/mol. The Balaban J connectivity index is 2.50. The maximum absolute atomic E-state index is 9.30. The summed E-state index contributed by atoms with van der Waals surface area (Å²) in [4.78, 5) is 0. The average Bonchev–Trinajstić information content (AvgIpc) is 2.22. The van der Waals surface area contributed by atoms with Crippen molar-refractivity contribution in [3.05, 3.63) is 42.5 Å². The topological polar surface area (TPSA) is 72.3 Å². The molecule has 0 aliphatic carbocycles. The zero-order valence-electron chi connectivity index (χ0n) is 8.14. The molecule has 0 heterocycles. The van der Waals surface area contributed by atoms with E-state index in [1.54, 1.807) is 18.2 Å². The van der Waals surface area contributed by atoms with Gasteiger partial charge in [0.05, 0.1) is 5.69 Å². The van der Waals surface area contributed by atoms with Gasteiger partial charge >= 0.3 is 0 Å². The fourth-order valence-corrected chi connectivity index (χ4v) is 1.45. The van der Waals surface area contributed by atoms with Crippen molar-refractivity contribution in [2.75, 3.05) is 11.5 Å². The normalized spacial score (nSPS) is 10.1. The van der Waals surface area contributed by atoms with Gasteiger partial charge < -0.3 is 16.6 Å². The lowest BCUT2D eigenvalue weighted by Gasteiger charge is -2.05. The highest BCUT2D eigenvalue weighted by Gasteiger charge is 2.01. The molecule has 0 bridgehead atoms. The summed E-state index contributed by atoms with van der Waals surface area (Å²) >= 11 is 0. The van der Waals surface area contributed by atoms with Gasteiger partial charge in [-0.15, -0.1) is 0 Å². The van der Waals surface area contributed by atoms with E-state index in [4.69, 9.17) is 11.5 Å². The minimum absolute atomic E-state index is 0.0997. The highest BCUT2D eigenvalue weighted by atomic mass is 16.3. The number of nitrogens with two attached hydrogens (primary N) is 2. The standard InChI is InChI=1S/C12H12N2O/c13-10-3-1-2-8(6-10)9-4-5-12(15)11(14)7-9/h1-7,15H,13-14H2. The van der Waals surface area contributed by atoms with Crippen LogP contribution < -0.4 is 11.5 Å². The predicted octanol–water partition coefficient (Wildman–Crippen LogP) is 2.22. The summed E-state index contributed by atoms with van der Waals surface area (Å²) in [6, 6.07) is 12.6. The van der Waals surface area contributed by atoms with E-state index in [9.17, 15) is 5.11 Å². The first kappa shape index (κ1) is 9.40. The molecule has 0 aromatic heterocycles. The fourth-order valence-electron chi connectivity index (χ4n) is 1.45. The summed E-state index contributed by atoms with van der Waals surface area (Å²) < 4.78 is 0. The molecule has 0 fully saturated rings. The number of nitrogen functional groups attached to an aromatic ring is 2. The van der Waals surface area contributed by atoms with Gasteiger partial charge in [-0.3, -0.25) is 0 Å². The Morgan fingerprint density at radius 1 is 0.867 bits per heavy atom. The fraction of sp³-hybridized carbons (Fsp3) is 0. The van der Waals surface area contributed by atoms with Crippen LogP contribution in [-0.2, 0) is 0 Å². The first-order valence-electron chi connectivity index (χ1n) is 4.61. The number of phenols is 1. The molecular formula is C12H12N2O. The third kappa shape index (κ3) is 1.86. The van der Waals surface area contributed by atoms with E-state index in [0.29, 0.717) is 11.4 Å². The number of anilines is 2. The van der Waals surface area contributed by atoms with Gasteiger partial charge in [0.15, 0.2) is 0 Å². The Labute approximate surface area is 88.0 Å². The molecule has 0 saturated heterocycles. The smallest absolute Gasteiger partial charge is 0.138 e. The summed E-state index contributed by atoms with van der Waals surface area (Å²) in [6.45, 7) is 0. The van der Waals surface area contributed by atoms with E-state index in [1.165, 1.54) is 0 Å². The van der Waals surface area contributed by atoms with Crippen molar-refractivity contribution in [2.45, 2.75) is 0 Å². The van der Waals surface area contributed by atoms with Gasteiger partial charge in [0.1, 0.15) is 5.75 Å². The largest absolute Gasteiger partial charge is 0.506 e. The maximum Gasteiger partial charge on any atom is 0.138 e. The Morgan fingerprint density at radius 2 is 1.60 bits per heavy atom. The van der Waals surface area contributed by atoms with E-state index >= 15 is 0 Å². The Bertz CT molecular complexity index is 495. The van der Waals surface area contributed by atoms with Crippen LogP contribution in [0.3, 0.4) is 0 Å². The lowest BCUT2D eigenvalue weighted by molar-refractivity contribution is 0.478. The van der Waals surface area contributed by atoms with E-state index in [1.807, 2.05) is 24.3 Å². The summed E-state index contributed by atoms with van der Waals surface area (Å²) in [5, 5.41) is 9.30. The molecule has 0 atom stereocenters. The van der Waals surface area contributed by atoms with Gasteiger partial charge in [-0.1, -0.05) is 18.2 Å². The lowest BCUT2D eigenvalue weighted by Crippen LogP contribution is -1.88. The van der Waals surface area contributed by atoms with Crippen molar-refractivity contribution in [1.29, 1.82) is 0 Å². The van der Waals surface area contributed by atoms with Crippen LogP contribution in [0.4, 0.5) is 11.4 Å². The second kappa shape index (κ2) is 3.53. The number of hydrogen-bond donors (Lipinski definition) is 3. The minimum atomic E-state index is 0.0997. The molecule has 0 saturated carbocycles. The van der Waals surface area contributed by atoms with Gasteiger partial charge in [-0.05, 0) is 35.4 Å². The van der Waals surface area contributed by atoms with Crippen molar-refractivity contribution in [3.63, 3.8) is 0 Å². The zero-order chi connectivity index (χ0) is 10.8. The Hall–Kier alpha value is -2.16. The van der Waals surface area contributed by atoms with Crippen molar-refractivity contribution < 1.29 is 5.11 Å². The second-order valence-corrected chi connectivity index (χ2v) is 3.40. The monoisotopic (exact) mass is 200 g/mol. The SMILES string of the molecule is Nc1cccc(-c2ccc(O)c(N)c2)c1. The van der Waals surface area contributed by atoms with Crippen LogP contribution in [-0.4, -0.2) is 5.11 Å². The van der Waals surface area contributed by atoms with E-state index in [2.05, 4.69) is 0 Å². The van der Waals surface area contributed by atoms with Crippen molar-refractivity contribution in [3.8, 4) is 16.9 Å². The van der Waals surface area contributed by atoms with Crippen LogP contribution in [0.15, 0.2) is 42.5 Å². The van der Waals surface area contributed by atoms with Crippen LogP contribution >= 0.6 is 0 Å². The van der Waals surface area contributed by atoms with Crippen LogP contribution in [0.1, 0.15) is 0 Å². The third-order valence-corrected chi connectivity index (χ3v) is 2.25. The van der Waals surface area contributed by atoms with Crippen LogP contribution in [0, 0.1) is 0 Å². The molecule has 0 spiro atoms. The Morgan fingerprint density at radius 3 is 2.27 bits per heavy atom. The van der Waals surface area contributed by atoms with Crippen molar-refractivity contribution in [2.24, 2.45) is 0 Å². The lowest BCUT2D eigenvalue weighted by atomic mass is 10.0. The van der Waals surface area contributed by atoms with E-state index in [-0.39, 0.29) is 5.75 Å². The highest BCUT2D eigenvalue weighted by Crippen LogP contribution is 2.28. The molecule has 0 unspecified atom stereocenters. The summed E-state index contributed by atoms with van der Waals surface area (Å²) in [5.41, 5.74) is 14.3. The van der Waals surface area contributed by atoms with Crippen LogP contribution in [0.2, 0.25) is 0 Å². The summed E-state index contributed by atoms with van der Waals surface area (Å²) in [7, 11) is 0. The molecule has 3 heteroatoms. The number of aromatic hydroxyl groups is 1.